The van der Waals surface area contributed by atoms with Crippen LogP contribution in [0.25, 0.3) is 5.69 Å². The van der Waals surface area contributed by atoms with Gasteiger partial charge in [0, 0.05) is 26.9 Å². The third-order valence-electron chi connectivity index (χ3n) is 5.09. The minimum absolute atomic E-state index is 0.0466. The van der Waals surface area contributed by atoms with Gasteiger partial charge >= 0.3 is 12.1 Å². The van der Waals surface area contributed by atoms with Crippen molar-refractivity contribution in [1.82, 2.24) is 9.55 Å². The van der Waals surface area contributed by atoms with E-state index in [0.717, 1.165) is 6.07 Å². The third-order valence-corrected chi connectivity index (χ3v) is 5.09. The van der Waals surface area contributed by atoms with Crippen molar-refractivity contribution < 1.29 is 36.6 Å². The number of anilines is 2. The molecule has 0 aliphatic heterocycles. The number of methoxy groups -OCH3 is 1. The maximum absolute atomic E-state index is 13.6. The first-order chi connectivity index (χ1) is 17.2. The molecule has 198 valence electrons. The van der Waals surface area contributed by atoms with E-state index in [9.17, 15) is 27.2 Å². The molecule has 1 aromatic heterocycles. The summed E-state index contributed by atoms with van der Waals surface area (Å²) < 4.78 is 66.3. The van der Waals surface area contributed by atoms with Gasteiger partial charge in [-0.2, -0.15) is 18.2 Å². The maximum atomic E-state index is 13.6. The van der Waals surface area contributed by atoms with Gasteiger partial charge in [-0.3, -0.25) is 9.36 Å². The number of nitrogens with one attached hydrogen (secondary N) is 1. The van der Waals surface area contributed by atoms with Gasteiger partial charge in [-0.25, -0.2) is 9.18 Å². The smallest absolute Gasteiger partial charge is 0.417 e. The molecule has 0 saturated carbocycles. The Balaban J connectivity index is 2.18. The van der Waals surface area contributed by atoms with Crippen molar-refractivity contribution >= 4 is 23.6 Å². The number of hydrogen-bond acceptors (Lipinski definition) is 6. The number of halogens is 4. The van der Waals surface area contributed by atoms with Crippen molar-refractivity contribution in [2.24, 2.45) is 0 Å². The summed E-state index contributed by atoms with van der Waals surface area (Å²) in [5.41, 5.74) is -3.15. The first-order valence-electron chi connectivity index (χ1n) is 11.0. The lowest BCUT2D eigenvalue weighted by molar-refractivity contribution is -0.138. The van der Waals surface area contributed by atoms with E-state index in [4.69, 9.17) is 9.47 Å². The topological polar surface area (TPSA) is 85.7 Å². The number of ether oxygens (including phenoxy) is 2. The van der Waals surface area contributed by atoms with Gasteiger partial charge in [-0.05, 0) is 44.2 Å². The second-order valence-electron chi connectivity index (χ2n) is 8.90. The van der Waals surface area contributed by atoms with E-state index in [1.807, 2.05) is 0 Å². The minimum atomic E-state index is -5.00. The predicted molar refractivity (Wildman–Crippen MR) is 129 cm³/mol. The number of aromatic nitrogens is 2. The minimum Gasteiger partial charge on any atom is -0.452 e. The fraction of sp³-hybridized carbons (Fsp3) is 0.320. The molecule has 0 bridgehead atoms. The van der Waals surface area contributed by atoms with Gasteiger partial charge < -0.3 is 19.7 Å². The Hall–Kier alpha value is -3.93. The zero-order valence-electron chi connectivity index (χ0n) is 20.8. The van der Waals surface area contributed by atoms with Crippen LogP contribution in [0, 0.1) is 5.82 Å². The SMILES string of the molecule is COCC(C)(C)OC(=O)c1c(NC(=O)c2ccc(F)cc2C(F)(F)F)nc(N(C)C)n1-c1ccccc1. The Morgan fingerprint density at radius 1 is 1.08 bits per heavy atom. The van der Waals surface area contributed by atoms with Crippen LogP contribution in [0.4, 0.5) is 29.3 Å². The Kier molecular flexibility index (Phi) is 7.91. The number of alkyl halides is 3. The molecule has 1 amide bonds. The summed E-state index contributed by atoms with van der Waals surface area (Å²) in [5.74, 6) is -3.45. The molecule has 8 nitrogen and oxygen atoms in total. The fourth-order valence-corrected chi connectivity index (χ4v) is 3.61. The van der Waals surface area contributed by atoms with Crippen molar-refractivity contribution in [3.63, 3.8) is 0 Å². The van der Waals surface area contributed by atoms with Crippen LogP contribution in [-0.2, 0) is 15.7 Å². The van der Waals surface area contributed by atoms with Gasteiger partial charge in [0.25, 0.3) is 5.91 Å². The Morgan fingerprint density at radius 3 is 2.30 bits per heavy atom. The summed E-state index contributed by atoms with van der Waals surface area (Å²) in [6.07, 6.45) is -5.00. The average Bonchev–Trinajstić information content (AvgIpc) is 3.18. The van der Waals surface area contributed by atoms with Crippen LogP contribution < -0.4 is 10.2 Å². The number of carbonyl (C=O) groups excluding carboxylic acids is 2. The number of nitrogens with zero attached hydrogens (tertiary/aromatic N) is 3. The summed E-state index contributed by atoms with van der Waals surface area (Å²) >= 11 is 0. The third kappa shape index (κ3) is 6.26. The Bertz CT molecular complexity index is 1290. The molecular formula is C25H26F4N4O4. The molecule has 1 heterocycles. The number of carbonyl (C=O) groups is 2. The first-order valence-corrected chi connectivity index (χ1v) is 11.0. The molecule has 3 aromatic rings. The molecule has 1 N–H and O–H groups in total. The van der Waals surface area contributed by atoms with E-state index in [1.54, 1.807) is 63.2 Å². The second kappa shape index (κ2) is 10.6. The molecule has 0 unspecified atom stereocenters. The molecule has 3 rings (SSSR count). The number of rotatable bonds is 8. The highest BCUT2D eigenvalue weighted by Gasteiger charge is 2.37. The Labute approximate surface area is 210 Å². The zero-order chi connectivity index (χ0) is 27.5. The lowest BCUT2D eigenvalue weighted by Gasteiger charge is -2.25. The lowest BCUT2D eigenvalue weighted by Crippen LogP contribution is -2.34. The van der Waals surface area contributed by atoms with Crippen LogP contribution in [0.3, 0.4) is 0 Å². The van der Waals surface area contributed by atoms with Gasteiger partial charge in [-0.15, -0.1) is 0 Å². The summed E-state index contributed by atoms with van der Waals surface area (Å²) in [5, 5.41) is 2.29. The molecule has 37 heavy (non-hydrogen) atoms. The normalized spacial score (nSPS) is 11.8. The standard InChI is InChI=1S/C25H26F4N4O4/c1-24(2,14-36-5)37-22(35)19-20(31-23(32(3)4)33(19)16-9-7-6-8-10-16)30-21(34)17-12-11-15(26)13-18(17)25(27,28)29/h6-13H,14H2,1-5H3,(H,30,34). The number of hydrogen-bond donors (Lipinski definition) is 1. The molecule has 0 saturated heterocycles. The van der Waals surface area contributed by atoms with Gasteiger partial charge in [-0.1, -0.05) is 18.2 Å². The predicted octanol–water partition coefficient (Wildman–Crippen LogP) is 4.93. The van der Waals surface area contributed by atoms with Gasteiger partial charge in [0.15, 0.2) is 11.5 Å². The lowest BCUT2D eigenvalue weighted by atomic mass is 10.1. The van der Waals surface area contributed by atoms with Gasteiger partial charge in [0.05, 0.1) is 17.7 Å². The highest BCUT2D eigenvalue weighted by Crippen LogP contribution is 2.34. The number of benzene rings is 2. The first kappa shape index (κ1) is 27.7. The van der Waals surface area contributed by atoms with Gasteiger partial charge in [0.2, 0.25) is 5.95 Å². The number of para-hydroxylation sites is 1. The molecule has 12 heteroatoms. The average molecular weight is 522 g/mol. The molecule has 0 aliphatic rings. The quantitative estimate of drug-likeness (QED) is 0.334. The molecular weight excluding hydrogens is 496 g/mol. The van der Waals surface area contributed by atoms with E-state index in [-0.39, 0.29) is 30.1 Å². The highest BCUT2D eigenvalue weighted by atomic mass is 19.4. The molecule has 0 aliphatic carbocycles. The summed E-state index contributed by atoms with van der Waals surface area (Å²) in [7, 11) is 4.71. The molecule has 0 atom stereocenters. The summed E-state index contributed by atoms with van der Waals surface area (Å²) in [6.45, 7) is 3.26. The maximum Gasteiger partial charge on any atom is 0.417 e. The van der Waals surface area contributed by atoms with Crippen LogP contribution in [-0.4, -0.2) is 54.8 Å². The summed E-state index contributed by atoms with van der Waals surface area (Å²) in [6, 6.07) is 10.2. The van der Waals surface area contributed by atoms with Crippen LogP contribution in [0.2, 0.25) is 0 Å². The van der Waals surface area contributed by atoms with Crippen molar-refractivity contribution in [3.05, 3.63) is 71.2 Å². The van der Waals surface area contributed by atoms with E-state index in [0.29, 0.717) is 11.8 Å². The van der Waals surface area contributed by atoms with Crippen molar-refractivity contribution in [2.75, 3.05) is 38.0 Å². The van der Waals surface area contributed by atoms with E-state index >= 15 is 0 Å². The van der Waals surface area contributed by atoms with Crippen LogP contribution in [0.5, 0.6) is 0 Å². The van der Waals surface area contributed by atoms with Crippen molar-refractivity contribution in [1.29, 1.82) is 0 Å². The highest BCUT2D eigenvalue weighted by molar-refractivity contribution is 6.08. The van der Waals surface area contributed by atoms with Gasteiger partial charge in [0.1, 0.15) is 11.4 Å². The zero-order valence-corrected chi connectivity index (χ0v) is 20.8. The van der Waals surface area contributed by atoms with Crippen molar-refractivity contribution in [3.8, 4) is 5.69 Å². The molecule has 0 fully saturated rings. The second-order valence-corrected chi connectivity index (χ2v) is 8.90. The molecule has 2 aromatic carbocycles. The largest absolute Gasteiger partial charge is 0.452 e. The fourth-order valence-electron chi connectivity index (χ4n) is 3.61. The number of imidazole rings is 1. The Morgan fingerprint density at radius 2 is 1.73 bits per heavy atom. The summed E-state index contributed by atoms with van der Waals surface area (Å²) in [4.78, 5) is 32.3. The molecule has 0 radical (unpaired) electrons. The van der Waals surface area contributed by atoms with E-state index < -0.39 is 40.6 Å². The van der Waals surface area contributed by atoms with Crippen LogP contribution in [0.15, 0.2) is 48.5 Å². The number of esters is 1. The molecule has 0 spiro atoms. The van der Waals surface area contributed by atoms with Crippen LogP contribution >= 0.6 is 0 Å². The number of amides is 1. The monoisotopic (exact) mass is 522 g/mol. The van der Waals surface area contributed by atoms with E-state index in [1.165, 1.54) is 11.7 Å². The van der Waals surface area contributed by atoms with Crippen LogP contribution in [0.1, 0.15) is 40.3 Å². The van der Waals surface area contributed by atoms with E-state index in [2.05, 4.69) is 10.3 Å². The van der Waals surface area contributed by atoms with Crippen molar-refractivity contribution in [2.45, 2.75) is 25.6 Å².